The first kappa shape index (κ1) is 19.5. The number of allylic oxidation sites excluding steroid dienone is 5. The van der Waals surface area contributed by atoms with Gasteiger partial charge in [0.2, 0.25) is 0 Å². The van der Waals surface area contributed by atoms with E-state index in [1.54, 1.807) is 6.92 Å². The third kappa shape index (κ3) is 13.2. The number of carbonyl (C=O) groups is 1. The van der Waals surface area contributed by atoms with Gasteiger partial charge in [0, 0.05) is 0 Å². The van der Waals surface area contributed by atoms with Crippen molar-refractivity contribution >= 4 is 6.16 Å². The number of ether oxygens (including phenoxy) is 2. The minimum Gasteiger partial charge on any atom is -0.435 e. The second-order valence-corrected chi connectivity index (χ2v) is 5.45. The molecular formula is C18H30O3. The monoisotopic (exact) mass is 294 g/mol. The van der Waals surface area contributed by atoms with Crippen LogP contribution >= 0.6 is 0 Å². The molecular weight excluding hydrogens is 264 g/mol. The summed E-state index contributed by atoms with van der Waals surface area (Å²) in [5, 5.41) is 0. The first-order valence-corrected chi connectivity index (χ1v) is 7.69. The maximum absolute atomic E-state index is 11.0. The zero-order chi connectivity index (χ0) is 16.1. The predicted molar refractivity (Wildman–Crippen MR) is 88.4 cm³/mol. The number of hydrogen-bond donors (Lipinski definition) is 0. The van der Waals surface area contributed by atoms with Gasteiger partial charge in [-0.05, 0) is 66.4 Å². The molecule has 0 radical (unpaired) electrons. The minimum absolute atomic E-state index is 0.286. The summed E-state index contributed by atoms with van der Waals surface area (Å²) >= 11 is 0. The van der Waals surface area contributed by atoms with Gasteiger partial charge in [-0.25, -0.2) is 4.79 Å². The smallest absolute Gasteiger partial charge is 0.435 e. The van der Waals surface area contributed by atoms with E-state index in [4.69, 9.17) is 4.74 Å². The van der Waals surface area contributed by atoms with Crippen LogP contribution in [0.1, 0.15) is 60.3 Å². The van der Waals surface area contributed by atoms with E-state index in [2.05, 4.69) is 44.6 Å². The third-order valence-electron chi connectivity index (χ3n) is 3.02. The van der Waals surface area contributed by atoms with Crippen LogP contribution in [-0.2, 0) is 9.47 Å². The summed E-state index contributed by atoms with van der Waals surface area (Å²) < 4.78 is 9.58. The van der Waals surface area contributed by atoms with Gasteiger partial charge in [-0.15, -0.1) is 0 Å². The van der Waals surface area contributed by atoms with Crippen molar-refractivity contribution in [1.29, 1.82) is 0 Å². The Morgan fingerprint density at radius 3 is 2.00 bits per heavy atom. The lowest BCUT2D eigenvalue weighted by atomic mass is 10.1. The van der Waals surface area contributed by atoms with Crippen LogP contribution in [0.15, 0.2) is 34.9 Å². The van der Waals surface area contributed by atoms with Gasteiger partial charge in [-0.3, -0.25) is 0 Å². The highest BCUT2D eigenvalue weighted by molar-refractivity contribution is 5.59. The van der Waals surface area contributed by atoms with Gasteiger partial charge in [-0.1, -0.05) is 28.9 Å². The van der Waals surface area contributed by atoms with Gasteiger partial charge < -0.3 is 9.47 Å². The largest absolute Gasteiger partial charge is 0.508 e. The van der Waals surface area contributed by atoms with Crippen molar-refractivity contribution < 1.29 is 14.3 Å². The molecule has 0 rings (SSSR count). The Hall–Kier alpha value is -1.51. The van der Waals surface area contributed by atoms with E-state index < -0.39 is 6.16 Å². The first-order valence-electron chi connectivity index (χ1n) is 7.69. The maximum atomic E-state index is 11.0. The van der Waals surface area contributed by atoms with E-state index in [1.165, 1.54) is 16.7 Å². The molecule has 0 spiro atoms. The topological polar surface area (TPSA) is 35.5 Å². The van der Waals surface area contributed by atoms with E-state index >= 15 is 0 Å². The molecule has 0 aromatic rings. The van der Waals surface area contributed by atoms with Crippen molar-refractivity contribution in [2.45, 2.75) is 60.3 Å². The van der Waals surface area contributed by atoms with Gasteiger partial charge in [0.25, 0.3) is 0 Å². The van der Waals surface area contributed by atoms with Gasteiger partial charge in [0.05, 0.1) is 6.61 Å². The van der Waals surface area contributed by atoms with Gasteiger partial charge >= 0.3 is 6.16 Å². The Kier molecular flexibility index (Phi) is 11.4. The second-order valence-electron chi connectivity index (χ2n) is 5.45. The maximum Gasteiger partial charge on any atom is 0.508 e. The summed E-state index contributed by atoms with van der Waals surface area (Å²) in [4.78, 5) is 11.0. The summed E-state index contributed by atoms with van der Waals surface area (Å²) in [7, 11) is 0. The lowest BCUT2D eigenvalue weighted by molar-refractivity contribution is 0.0672. The molecule has 120 valence electrons. The molecule has 0 N–H and O–H groups in total. The molecule has 0 saturated carbocycles. The molecule has 0 bridgehead atoms. The Balaban J connectivity index is 3.88. The fourth-order valence-corrected chi connectivity index (χ4v) is 1.75. The summed E-state index contributed by atoms with van der Waals surface area (Å²) in [5.74, 6) is 0. The molecule has 21 heavy (non-hydrogen) atoms. The molecule has 0 heterocycles. The van der Waals surface area contributed by atoms with Gasteiger partial charge in [0.15, 0.2) is 0 Å². The number of rotatable bonds is 9. The number of carbonyl (C=O) groups excluding carboxylic acids is 1. The number of hydrogen-bond acceptors (Lipinski definition) is 3. The second kappa shape index (κ2) is 12.2. The molecule has 3 heteroatoms. The molecule has 0 saturated heterocycles. The fraction of sp³-hybridized carbons (Fsp3) is 0.611. The molecule has 0 atom stereocenters. The molecule has 0 fully saturated rings. The molecule has 0 aromatic carbocycles. The van der Waals surface area contributed by atoms with Crippen molar-refractivity contribution in [3.8, 4) is 0 Å². The Morgan fingerprint density at radius 2 is 1.43 bits per heavy atom. The molecule has 0 aliphatic rings. The van der Waals surface area contributed by atoms with E-state index in [9.17, 15) is 4.79 Å². The van der Waals surface area contributed by atoms with Gasteiger partial charge in [0.1, 0.15) is 6.61 Å². The predicted octanol–water partition coefficient (Wildman–Crippen LogP) is 5.58. The molecule has 0 amide bonds. The zero-order valence-corrected chi connectivity index (χ0v) is 14.2. The summed E-state index contributed by atoms with van der Waals surface area (Å²) in [6.07, 6.45) is 10.2. The Labute approximate surface area is 129 Å². The van der Waals surface area contributed by atoms with Crippen LogP contribution in [0, 0.1) is 0 Å². The van der Waals surface area contributed by atoms with Crippen LogP contribution in [0.5, 0.6) is 0 Å². The molecule has 0 unspecified atom stereocenters. The Morgan fingerprint density at radius 1 is 0.857 bits per heavy atom. The normalized spacial score (nSPS) is 12.0. The van der Waals surface area contributed by atoms with Crippen molar-refractivity contribution in [3.63, 3.8) is 0 Å². The quantitative estimate of drug-likeness (QED) is 0.411. The average molecular weight is 294 g/mol. The van der Waals surface area contributed by atoms with Crippen molar-refractivity contribution in [3.05, 3.63) is 34.9 Å². The fourth-order valence-electron chi connectivity index (χ4n) is 1.75. The third-order valence-corrected chi connectivity index (χ3v) is 3.02. The van der Waals surface area contributed by atoms with E-state index in [0.717, 1.165) is 25.7 Å². The van der Waals surface area contributed by atoms with E-state index in [-0.39, 0.29) is 6.61 Å². The minimum atomic E-state index is -0.600. The first-order chi connectivity index (χ1) is 9.95. The SMILES string of the molecule is CCOC(=O)OC/C=C(\C)CC/C=C(\C)CCC=C(C)C. The summed E-state index contributed by atoms with van der Waals surface area (Å²) in [6, 6.07) is 0. The van der Waals surface area contributed by atoms with Crippen molar-refractivity contribution in [2.24, 2.45) is 0 Å². The lowest BCUT2D eigenvalue weighted by Crippen LogP contribution is -2.06. The van der Waals surface area contributed by atoms with Crippen LogP contribution in [-0.4, -0.2) is 19.4 Å². The molecule has 0 aliphatic carbocycles. The highest BCUT2D eigenvalue weighted by Gasteiger charge is 1.99. The highest BCUT2D eigenvalue weighted by atomic mass is 16.7. The van der Waals surface area contributed by atoms with E-state index in [0.29, 0.717) is 6.61 Å². The highest BCUT2D eigenvalue weighted by Crippen LogP contribution is 2.11. The average Bonchev–Trinajstić information content (AvgIpc) is 2.38. The lowest BCUT2D eigenvalue weighted by Gasteiger charge is -2.03. The summed E-state index contributed by atoms with van der Waals surface area (Å²) in [6.45, 7) is 10.9. The van der Waals surface area contributed by atoms with Crippen LogP contribution in [0.3, 0.4) is 0 Å². The van der Waals surface area contributed by atoms with Gasteiger partial charge in [-0.2, -0.15) is 0 Å². The van der Waals surface area contributed by atoms with Crippen LogP contribution < -0.4 is 0 Å². The molecule has 3 nitrogen and oxygen atoms in total. The molecule has 0 aromatic heterocycles. The van der Waals surface area contributed by atoms with Crippen LogP contribution in [0.4, 0.5) is 4.79 Å². The van der Waals surface area contributed by atoms with Crippen LogP contribution in [0.2, 0.25) is 0 Å². The van der Waals surface area contributed by atoms with E-state index in [1.807, 2.05) is 6.08 Å². The Bertz CT molecular complexity index is 385. The van der Waals surface area contributed by atoms with Crippen LogP contribution in [0.25, 0.3) is 0 Å². The van der Waals surface area contributed by atoms with Crippen molar-refractivity contribution in [1.82, 2.24) is 0 Å². The standard InChI is InChI=1S/C18H30O3/c1-6-20-18(19)21-14-13-17(5)12-8-11-16(4)10-7-9-15(2)3/h9,11,13H,6-8,10,12,14H2,1-5H3/b16-11+,17-13+. The zero-order valence-electron chi connectivity index (χ0n) is 14.2. The molecule has 0 aliphatic heterocycles. The van der Waals surface area contributed by atoms with Crippen molar-refractivity contribution in [2.75, 3.05) is 13.2 Å². The summed E-state index contributed by atoms with van der Waals surface area (Å²) in [5.41, 5.74) is 4.04.